The molecular weight excluding hydrogens is 515 g/mol. The van der Waals surface area contributed by atoms with E-state index in [0.717, 1.165) is 49.8 Å². The summed E-state index contributed by atoms with van der Waals surface area (Å²) in [5.74, 6) is 0.348. The fourth-order valence-corrected chi connectivity index (χ4v) is 6.32. The van der Waals surface area contributed by atoms with E-state index in [2.05, 4.69) is 14.8 Å². The molecular formula is C26H28ClFN6O2S. The molecule has 4 heterocycles. The van der Waals surface area contributed by atoms with E-state index in [4.69, 9.17) is 27.2 Å². The van der Waals surface area contributed by atoms with Gasteiger partial charge in [0.05, 0.1) is 28.8 Å². The molecule has 2 saturated heterocycles. The smallest absolute Gasteiger partial charge is 0.274 e. The van der Waals surface area contributed by atoms with Crippen LogP contribution in [0, 0.1) is 5.82 Å². The number of benzene rings is 2. The van der Waals surface area contributed by atoms with Crippen molar-refractivity contribution in [1.82, 2.24) is 19.7 Å². The van der Waals surface area contributed by atoms with Gasteiger partial charge in [0.2, 0.25) is 0 Å². The maximum absolute atomic E-state index is 14.5. The molecule has 0 aliphatic carbocycles. The van der Waals surface area contributed by atoms with Crippen LogP contribution in [0.25, 0.3) is 32.1 Å². The van der Waals surface area contributed by atoms with Crippen molar-refractivity contribution in [3.8, 4) is 11.1 Å². The van der Waals surface area contributed by atoms with Crippen molar-refractivity contribution in [2.75, 3.05) is 56.6 Å². The lowest BCUT2D eigenvalue weighted by atomic mass is 10.0. The van der Waals surface area contributed by atoms with E-state index >= 15 is 0 Å². The average molecular weight is 543 g/mol. The summed E-state index contributed by atoms with van der Waals surface area (Å²) in [7, 11) is 0. The lowest BCUT2D eigenvalue weighted by molar-refractivity contribution is 0.152. The van der Waals surface area contributed by atoms with Crippen molar-refractivity contribution in [2.45, 2.75) is 25.8 Å². The van der Waals surface area contributed by atoms with Crippen molar-refractivity contribution in [2.24, 2.45) is 0 Å². The third-order valence-electron chi connectivity index (χ3n) is 7.18. The molecule has 0 amide bonds. The Bertz CT molecular complexity index is 1530. The van der Waals surface area contributed by atoms with Crippen LogP contribution in [0.5, 0.6) is 0 Å². The molecule has 0 bridgehead atoms. The van der Waals surface area contributed by atoms with Gasteiger partial charge in [-0.1, -0.05) is 22.9 Å². The van der Waals surface area contributed by atoms with E-state index in [-0.39, 0.29) is 16.5 Å². The Morgan fingerprint density at radius 1 is 1.03 bits per heavy atom. The third kappa shape index (κ3) is 4.67. The van der Waals surface area contributed by atoms with Gasteiger partial charge in [0.25, 0.3) is 5.56 Å². The number of rotatable bonds is 5. The molecule has 2 aliphatic heterocycles. The Labute approximate surface area is 222 Å². The SMILES string of the molecule is Nc1nc2c(-c3cc4c(=O)n(CCN5CCCC5)nc(N5CCCOCC5)c4cc3Cl)ccc(F)c2s1. The molecule has 0 unspecified atom stereocenters. The second-order valence-electron chi connectivity index (χ2n) is 9.56. The van der Waals surface area contributed by atoms with Crippen LogP contribution in [0.1, 0.15) is 19.3 Å². The molecule has 2 aromatic heterocycles. The average Bonchev–Trinajstić information content (AvgIpc) is 3.47. The van der Waals surface area contributed by atoms with Crippen LogP contribution in [0.2, 0.25) is 5.02 Å². The topological polar surface area (TPSA) is 89.5 Å². The zero-order valence-corrected chi connectivity index (χ0v) is 22.0. The minimum atomic E-state index is -0.385. The van der Waals surface area contributed by atoms with Gasteiger partial charge in [-0.25, -0.2) is 14.1 Å². The number of anilines is 2. The molecule has 6 rings (SSSR count). The summed E-state index contributed by atoms with van der Waals surface area (Å²) >= 11 is 7.93. The summed E-state index contributed by atoms with van der Waals surface area (Å²) in [5.41, 5.74) is 7.43. The highest BCUT2D eigenvalue weighted by Gasteiger charge is 2.22. The van der Waals surface area contributed by atoms with Gasteiger partial charge in [-0.15, -0.1) is 0 Å². The Morgan fingerprint density at radius 2 is 1.86 bits per heavy atom. The molecule has 2 aliphatic rings. The van der Waals surface area contributed by atoms with Gasteiger partial charge in [0.1, 0.15) is 5.82 Å². The Balaban J connectivity index is 1.52. The second-order valence-corrected chi connectivity index (χ2v) is 11.0. The van der Waals surface area contributed by atoms with E-state index in [1.807, 2.05) is 0 Å². The summed E-state index contributed by atoms with van der Waals surface area (Å²) in [6.07, 6.45) is 3.25. The van der Waals surface area contributed by atoms with Crippen LogP contribution in [-0.2, 0) is 11.3 Å². The van der Waals surface area contributed by atoms with Crippen LogP contribution in [0.15, 0.2) is 29.1 Å². The zero-order valence-electron chi connectivity index (χ0n) is 20.4. The number of aromatic nitrogens is 3. The standard InChI is InChI=1S/C26H28ClFN6O2S/c27-20-15-18-19(14-17(20)16-4-5-21(28)23-22(16)30-26(29)37-23)25(35)34(10-9-32-6-1-2-7-32)31-24(18)33-8-3-12-36-13-11-33/h4-5,14-15H,1-3,6-13H2,(H2,29,30). The molecule has 2 fully saturated rings. The largest absolute Gasteiger partial charge is 0.380 e. The number of ether oxygens (including phenoxy) is 1. The Hall–Kier alpha value is -2.79. The molecule has 4 aromatic rings. The van der Waals surface area contributed by atoms with Gasteiger partial charge >= 0.3 is 0 Å². The van der Waals surface area contributed by atoms with Gasteiger partial charge < -0.3 is 20.3 Å². The van der Waals surface area contributed by atoms with Crippen molar-refractivity contribution < 1.29 is 9.13 Å². The summed E-state index contributed by atoms with van der Waals surface area (Å²) in [5, 5.41) is 6.79. The highest BCUT2D eigenvalue weighted by molar-refractivity contribution is 7.22. The normalized spacial score (nSPS) is 17.2. The molecule has 2 N–H and O–H groups in total. The number of nitrogens with two attached hydrogens (primary N) is 1. The lowest BCUT2D eigenvalue weighted by Crippen LogP contribution is -2.34. The quantitative estimate of drug-likeness (QED) is 0.400. The first-order valence-corrected chi connectivity index (χ1v) is 13.8. The monoisotopic (exact) mass is 542 g/mol. The van der Waals surface area contributed by atoms with Crippen molar-refractivity contribution in [1.29, 1.82) is 0 Å². The number of nitrogen functional groups attached to an aromatic ring is 1. The highest BCUT2D eigenvalue weighted by atomic mass is 35.5. The van der Waals surface area contributed by atoms with E-state index in [0.29, 0.717) is 63.4 Å². The first-order chi connectivity index (χ1) is 18.0. The van der Waals surface area contributed by atoms with Gasteiger partial charge in [0.15, 0.2) is 10.9 Å². The summed E-state index contributed by atoms with van der Waals surface area (Å²) in [4.78, 5) is 22.7. The van der Waals surface area contributed by atoms with E-state index in [1.54, 1.807) is 22.9 Å². The van der Waals surface area contributed by atoms with E-state index in [9.17, 15) is 9.18 Å². The number of hydrogen-bond donors (Lipinski definition) is 1. The van der Waals surface area contributed by atoms with Crippen LogP contribution in [-0.4, -0.2) is 65.6 Å². The maximum Gasteiger partial charge on any atom is 0.274 e. The first-order valence-electron chi connectivity index (χ1n) is 12.6. The fraction of sp³-hybridized carbons (Fsp3) is 0.423. The van der Waals surface area contributed by atoms with Crippen LogP contribution in [0.4, 0.5) is 15.3 Å². The molecule has 37 heavy (non-hydrogen) atoms. The first kappa shape index (κ1) is 24.5. The van der Waals surface area contributed by atoms with Gasteiger partial charge in [-0.2, -0.15) is 5.10 Å². The number of likely N-dealkylation sites (tertiary alicyclic amines) is 1. The predicted molar refractivity (Wildman–Crippen MR) is 147 cm³/mol. The van der Waals surface area contributed by atoms with Crippen molar-refractivity contribution in [3.05, 3.63) is 45.5 Å². The molecule has 194 valence electrons. The molecule has 8 nitrogen and oxygen atoms in total. The molecule has 2 aromatic carbocycles. The Kier molecular flexibility index (Phi) is 6.74. The predicted octanol–water partition coefficient (Wildman–Crippen LogP) is 4.37. The van der Waals surface area contributed by atoms with Gasteiger partial charge in [0, 0.05) is 47.8 Å². The molecule has 0 saturated carbocycles. The summed E-state index contributed by atoms with van der Waals surface area (Å²) in [6.45, 7) is 6.15. The molecule has 0 atom stereocenters. The second kappa shape index (κ2) is 10.2. The number of halogens is 2. The van der Waals surface area contributed by atoms with Crippen LogP contribution < -0.4 is 16.2 Å². The van der Waals surface area contributed by atoms with Crippen molar-refractivity contribution in [3.63, 3.8) is 0 Å². The van der Waals surface area contributed by atoms with Gasteiger partial charge in [-0.3, -0.25) is 4.79 Å². The molecule has 11 heteroatoms. The Morgan fingerprint density at radius 3 is 2.70 bits per heavy atom. The van der Waals surface area contributed by atoms with Crippen LogP contribution in [0.3, 0.4) is 0 Å². The third-order valence-corrected chi connectivity index (χ3v) is 8.38. The minimum absolute atomic E-state index is 0.168. The number of nitrogens with zero attached hydrogens (tertiary/aromatic N) is 5. The van der Waals surface area contributed by atoms with Gasteiger partial charge in [-0.05, 0) is 56.6 Å². The van der Waals surface area contributed by atoms with Crippen molar-refractivity contribution >= 4 is 54.9 Å². The van der Waals surface area contributed by atoms with E-state index < -0.39 is 0 Å². The number of fused-ring (bicyclic) bond motifs is 2. The fourth-order valence-electron chi connectivity index (χ4n) is 5.29. The summed E-state index contributed by atoms with van der Waals surface area (Å²) in [6, 6.07) is 6.63. The maximum atomic E-state index is 14.5. The van der Waals surface area contributed by atoms with E-state index in [1.165, 1.54) is 18.9 Å². The minimum Gasteiger partial charge on any atom is -0.380 e. The molecule has 0 spiro atoms. The molecule has 0 radical (unpaired) electrons. The highest BCUT2D eigenvalue weighted by Crippen LogP contribution is 2.39. The lowest BCUT2D eigenvalue weighted by Gasteiger charge is -2.24. The number of hydrogen-bond acceptors (Lipinski definition) is 8. The van der Waals surface area contributed by atoms with Crippen LogP contribution >= 0.6 is 22.9 Å². The zero-order chi connectivity index (χ0) is 25.5. The number of thiazole rings is 1. The summed E-state index contributed by atoms with van der Waals surface area (Å²) < 4.78 is 22.1.